The summed E-state index contributed by atoms with van der Waals surface area (Å²) >= 11 is 3.48. The van der Waals surface area contributed by atoms with Crippen LogP contribution in [0.1, 0.15) is 60.8 Å². The Bertz CT molecular complexity index is 1490. The first-order valence-electron chi connectivity index (χ1n) is 14.9. The summed E-state index contributed by atoms with van der Waals surface area (Å²) in [4.78, 5) is 29.6. The first kappa shape index (κ1) is 32.7. The zero-order chi connectivity index (χ0) is 31.0. The fourth-order valence-electron chi connectivity index (χ4n) is 5.59. The highest BCUT2D eigenvalue weighted by Gasteiger charge is 2.32. The second kappa shape index (κ2) is 15.0. The van der Waals surface area contributed by atoms with E-state index < -0.39 is 16.1 Å². The number of amides is 2. The molecule has 1 aliphatic rings. The number of hydrogen-bond acceptors (Lipinski definition) is 4. The van der Waals surface area contributed by atoms with Crippen molar-refractivity contribution in [1.29, 1.82) is 0 Å². The van der Waals surface area contributed by atoms with Crippen LogP contribution in [0.4, 0.5) is 5.69 Å². The van der Waals surface area contributed by atoms with Gasteiger partial charge in [-0.05, 0) is 79.6 Å². The van der Waals surface area contributed by atoms with Crippen molar-refractivity contribution < 1.29 is 18.0 Å². The van der Waals surface area contributed by atoms with E-state index in [0.29, 0.717) is 18.5 Å². The molecule has 0 radical (unpaired) electrons. The third-order valence-electron chi connectivity index (χ3n) is 8.17. The van der Waals surface area contributed by atoms with Gasteiger partial charge in [0.05, 0.1) is 11.9 Å². The Morgan fingerprint density at radius 3 is 2.23 bits per heavy atom. The quantitative estimate of drug-likeness (QED) is 0.231. The summed E-state index contributed by atoms with van der Waals surface area (Å²) < 4.78 is 27.8. The molecule has 1 N–H and O–H groups in total. The molecule has 1 saturated carbocycles. The number of benzene rings is 3. The molecular weight excluding hydrogens is 626 g/mol. The number of anilines is 1. The zero-order valence-electron chi connectivity index (χ0n) is 25.3. The summed E-state index contributed by atoms with van der Waals surface area (Å²) in [6.45, 7) is 4.37. The lowest BCUT2D eigenvalue weighted by Crippen LogP contribution is -2.52. The van der Waals surface area contributed by atoms with Crippen molar-refractivity contribution in [3.63, 3.8) is 0 Å². The minimum atomic E-state index is -3.56. The van der Waals surface area contributed by atoms with E-state index in [-0.39, 0.29) is 37.4 Å². The van der Waals surface area contributed by atoms with Crippen LogP contribution in [-0.4, -0.2) is 50.0 Å². The third-order valence-corrected chi connectivity index (χ3v) is 9.89. The highest BCUT2D eigenvalue weighted by molar-refractivity contribution is 9.10. The molecule has 0 unspecified atom stereocenters. The molecule has 0 spiro atoms. The van der Waals surface area contributed by atoms with E-state index in [1.54, 1.807) is 11.0 Å². The van der Waals surface area contributed by atoms with E-state index in [2.05, 4.69) is 21.2 Å². The number of sulfonamides is 1. The highest BCUT2D eigenvalue weighted by Crippen LogP contribution is 2.24. The Morgan fingerprint density at radius 1 is 0.930 bits per heavy atom. The standard InChI is InChI=1S/C34H42BrN3O4S/c1-25-15-20-31(22-26(25)2)38(43(3,41)42)21-9-14-33(39)37(24-28-16-18-29(35)19-17-28)32(23-27-10-5-4-6-11-27)34(40)36-30-12-7-8-13-30/h4-6,10-11,15-20,22,30,32H,7-9,12-14,21,23-24H2,1-3H3,(H,36,40)/t32-/m1/s1. The molecule has 43 heavy (non-hydrogen) atoms. The van der Waals surface area contributed by atoms with Gasteiger partial charge in [-0.2, -0.15) is 0 Å². The van der Waals surface area contributed by atoms with Gasteiger partial charge in [0, 0.05) is 36.4 Å². The lowest BCUT2D eigenvalue weighted by atomic mass is 10.0. The summed E-state index contributed by atoms with van der Waals surface area (Å²) in [5.41, 5.74) is 4.55. The Hall–Kier alpha value is -3.17. The second-order valence-electron chi connectivity index (χ2n) is 11.6. The number of aryl methyl sites for hydroxylation is 2. The van der Waals surface area contributed by atoms with Gasteiger partial charge in [0.15, 0.2) is 0 Å². The van der Waals surface area contributed by atoms with Crippen LogP contribution in [0.25, 0.3) is 0 Å². The lowest BCUT2D eigenvalue weighted by molar-refractivity contribution is -0.141. The van der Waals surface area contributed by atoms with Gasteiger partial charge in [0.1, 0.15) is 6.04 Å². The summed E-state index contributed by atoms with van der Waals surface area (Å²) in [6.07, 6.45) is 6.08. The van der Waals surface area contributed by atoms with Crippen molar-refractivity contribution in [2.75, 3.05) is 17.1 Å². The maximum absolute atomic E-state index is 14.0. The maximum atomic E-state index is 14.0. The van der Waals surface area contributed by atoms with E-state index in [9.17, 15) is 18.0 Å². The SMILES string of the molecule is Cc1ccc(N(CCCC(=O)N(Cc2ccc(Br)cc2)[C@H](Cc2ccccc2)C(=O)NC2CCCC2)S(C)(=O)=O)cc1C. The van der Waals surface area contributed by atoms with E-state index in [0.717, 1.165) is 52.4 Å². The molecule has 0 bridgehead atoms. The maximum Gasteiger partial charge on any atom is 0.243 e. The van der Waals surface area contributed by atoms with Crippen LogP contribution in [0.15, 0.2) is 77.3 Å². The van der Waals surface area contributed by atoms with E-state index in [1.165, 1.54) is 10.6 Å². The Morgan fingerprint density at radius 2 is 1.60 bits per heavy atom. The van der Waals surface area contributed by atoms with Gasteiger partial charge >= 0.3 is 0 Å². The van der Waals surface area contributed by atoms with Gasteiger partial charge < -0.3 is 10.2 Å². The van der Waals surface area contributed by atoms with Crippen molar-refractivity contribution in [3.8, 4) is 0 Å². The number of hydrogen-bond donors (Lipinski definition) is 1. The second-order valence-corrected chi connectivity index (χ2v) is 14.4. The Labute approximate surface area is 264 Å². The van der Waals surface area contributed by atoms with Gasteiger partial charge in [0.25, 0.3) is 0 Å². The molecule has 7 nitrogen and oxygen atoms in total. The first-order valence-corrected chi connectivity index (χ1v) is 17.6. The fourth-order valence-corrected chi connectivity index (χ4v) is 6.81. The Balaban J connectivity index is 1.58. The number of carbonyl (C=O) groups excluding carboxylic acids is 2. The minimum Gasteiger partial charge on any atom is -0.352 e. The lowest BCUT2D eigenvalue weighted by Gasteiger charge is -2.33. The van der Waals surface area contributed by atoms with E-state index in [4.69, 9.17) is 0 Å². The van der Waals surface area contributed by atoms with Crippen LogP contribution in [0, 0.1) is 13.8 Å². The molecule has 2 amide bonds. The first-order chi connectivity index (χ1) is 20.5. The van der Waals surface area contributed by atoms with Crippen LogP contribution < -0.4 is 9.62 Å². The van der Waals surface area contributed by atoms with Crippen LogP contribution in [0.2, 0.25) is 0 Å². The van der Waals surface area contributed by atoms with Crippen LogP contribution >= 0.6 is 15.9 Å². The minimum absolute atomic E-state index is 0.107. The van der Waals surface area contributed by atoms with E-state index in [1.807, 2.05) is 80.6 Å². The molecule has 3 aromatic carbocycles. The topological polar surface area (TPSA) is 86.8 Å². The highest BCUT2D eigenvalue weighted by atomic mass is 79.9. The monoisotopic (exact) mass is 667 g/mol. The number of nitrogens with one attached hydrogen (secondary N) is 1. The van der Waals surface area contributed by atoms with Crippen molar-refractivity contribution >= 4 is 43.5 Å². The summed E-state index contributed by atoms with van der Waals surface area (Å²) in [7, 11) is -3.56. The number of rotatable bonds is 13. The fraction of sp³-hybridized carbons (Fsp3) is 0.412. The van der Waals surface area contributed by atoms with Gasteiger partial charge in [-0.1, -0.05) is 77.3 Å². The molecule has 0 heterocycles. The van der Waals surface area contributed by atoms with Gasteiger partial charge in [-0.25, -0.2) is 8.42 Å². The average molecular weight is 669 g/mol. The van der Waals surface area contributed by atoms with Crippen molar-refractivity contribution in [2.24, 2.45) is 0 Å². The Kier molecular flexibility index (Phi) is 11.4. The molecule has 230 valence electrons. The van der Waals surface area contributed by atoms with E-state index >= 15 is 0 Å². The van der Waals surface area contributed by atoms with Gasteiger partial charge in [-0.15, -0.1) is 0 Å². The molecule has 1 aliphatic carbocycles. The predicted octanol–water partition coefficient (Wildman–Crippen LogP) is 6.31. The smallest absolute Gasteiger partial charge is 0.243 e. The van der Waals surface area contributed by atoms with Crippen LogP contribution in [0.3, 0.4) is 0 Å². The predicted molar refractivity (Wildman–Crippen MR) is 176 cm³/mol. The van der Waals surface area contributed by atoms with Crippen molar-refractivity contribution in [3.05, 3.63) is 99.5 Å². The molecule has 0 aliphatic heterocycles. The molecule has 0 aromatic heterocycles. The summed E-state index contributed by atoms with van der Waals surface area (Å²) in [5.74, 6) is -0.326. The molecule has 4 rings (SSSR count). The summed E-state index contributed by atoms with van der Waals surface area (Å²) in [6, 6.07) is 22.5. The summed E-state index contributed by atoms with van der Waals surface area (Å²) in [5, 5.41) is 3.23. The molecule has 9 heteroatoms. The molecular formula is C34H42BrN3O4S. The van der Waals surface area contributed by atoms with Gasteiger partial charge in [0.2, 0.25) is 21.8 Å². The molecule has 1 fully saturated rings. The molecule has 3 aromatic rings. The average Bonchev–Trinajstić information content (AvgIpc) is 3.48. The van der Waals surface area contributed by atoms with Crippen molar-refractivity contribution in [1.82, 2.24) is 10.2 Å². The number of carbonyl (C=O) groups is 2. The largest absolute Gasteiger partial charge is 0.352 e. The number of nitrogens with zero attached hydrogens (tertiary/aromatic N) is 2. The van der Waals surface area contributed by atoms with Crippen LogP contribution in [-0.2, 0) is 32.6 Å². The normalized spacial score (nSPS) is 14.3. The van der Waals surface area contributed by atoms with Crippen molar-refractivity contribution in [2.45, 2.75) is 77.4 Å². The zero-order valence-corrected chi connectivity index (χ0v) is 27.7. The molecule has 0 saturated heterocycles. The van der Waals surface area contributed by atoms with Crippen LogP contribution in [0.5, 0.6) is 0 Å². The van der Waals surface area contributed by atoms with Gasteiger partial charge in [-0.3, -0.25) is 13.9 Å². The molecule has 1 atom stereocenters. The third kappa shape index (κ3) is 9.41. The number of halogens is 1.